The summed E-state index contributed by atoms with van der Waals surface area (Å²) in [7, 11) is 0. The first-order valence-corrected chi connectivity index (χ1v) is 8.35. The Morgan fingerprint density at radius 3 is 2.11 bits per heavy atom. The predicted molar refractivity (Wildman–Crippen MR) is 86.6 cm³/mol. The van der Waals surface area contributed by atoms with Crippen molar-refractivity contribution in [3.05, 3.63) is 51.7 Å². The Bertz CT molecular complexity index is 802. The average Bonchev–Trinajstić information content (AvgIpc) is 3.10. The molecule has 0 aliphatic heterocycles. The van der Waals surface area contributed by atoms with Crippen molar-refractivity contribution in [1.82, 2.24) is 10.6 Å². The number of amides is 3. The Balaban J connectivity index is 1.96. The number of thiophene rings is 1. The average molecular weight is 426 g/mol. The molecule has 5 nitrogen and oxygen atoms in total. The number of nitrogens with one attached hydrogen (secondary N) is 2. The van der Waals surface area contributed by atoms with Gasteiger partial charge in [-0.15, -0.1) is 11.3 Å². The Morgan fingerprint density at radius 2 is 1.61 bits per heavy atom. The molecule has 0 radical (unpaired) electrons. The molecule has 2 aromatic rings. The van der Waals surface area contributed by atoms with Gasteiger partial charge in [-0.05, 0) is 29.6 Å². The largest absolute Gasteiger partial charge is 0.484 e. The summed E-state index contributed by atoms with van der Waals surface area (Å²) in [6, 6.07) is 3.20. The van der Waals surface area contributed by atoms with E-state index in [1.807, 2.05) is 5.32 Å². The minimum atomic E-state index is -5.04. The third-order valence-corrected chi connectivity index (χ3v) is 4.06. The number of ether oxygens (including phenoxy) is 1. The first-order valence-electron chi connectivity index (χ1n) is 7.47. The van der Waals surface area contributed by atoms with Gasteiger partial charge >= 0.3 is 18.4 Å². The zero-order valence-corrected chi connectivity index (χ0v) is 14.6. The van der Waals surface area contributed by atoms with Gasteiger partial charge in [-0.25, -0.2) is 4.79 Å². The number of hydrogen-bond donors (Lipinski definition) is 2. The van der Waals surface area contributed by atoms with Gasteiger partial charge in [0.2, 0.25) is 0 Å². The van der Waals surface area contributed by atoms with Gasteiger partial charge in [0.15, 0.2) is 6.61 Å². The zero-order valence-electron chi connectivity index (χ0n) is 13.8. The molecule has 0 saturated carbocycles. The molecule has 1 aromatic heterocycles. The Morgan fingerprint density at radius 1 is 1.00 bits per heavy atom. The van der Waals surface area contributed by atoms with Crippen LogP contribution in [0.3, 0.4) is 0 Å². The molecule has 1 aromatic carbocycles. The molecule has 0 aliphatic rings. The summed E-state index contributed by atoms with van der Waals surface area (Å²) >= 11 is 1.36. The number of halogens is 6. The number of carbonyl (C=O) groups excluding carboxylic acids is 2. The van der Waals surface area contributed by atoms with Gasteiger partial charge in [0.25, 0.3) is 5.91 Å². The van der Waals surface area contributed by atoms with Crippen molar-refractivity contribution in [3.63, 3.8) is 0 Å². The molecule has 0 atom stereocenters. The second-order valence-electron chi connectivity index (χ2n) is 5.34. The van der Waals surface area contributed by atoms with Crippen LogP contribution in [0, 0.1) is 0 Å². The van der Waals surface area contributed by atoms with Crippen LogP contribution in [0.5, 0.6) is 5.75 Å². The third-order valence-electron chi connectivity index (χ3n) is 3.19. The first kappa shape index (κ1) is 21.5. The lowest BCUT2D eigenvalue weighted by Crippen LogP contribution is -2.41. The highest BCUT2D eigenvalue weighted by atomic mass is 32.1. The van der Waals surface area contributed by atoms with Crippen molar-refractivity contribution in [1.29, 1.82) is 0 Å². The van der Waals surface area contributed by atoms with Gasteiger partial charge in [-0.1, -0.05) is 6.07 Å². The van der Waals surface area contributed by atoms with Crippen LogP contribution in [0.1, 0.15) is 16.0 Å². The van der Waals surface area contributed by atoms with E-state index in [9.17, 15) is 35.9 Å². The molecular formula is C16H12F6N2O3S. The molecule has 3 amide bonds. The molecule has 12 heteroatoms. The van der Waals surface area contributed by atoms with Crippen LogP contribution >= 0.6 is 11.3 Å². The Kier molecular flexibility index (Phi) is 6.54. The molecule has 0 bridgehead atoms. The number of urea groups is 1. The van der Waals surface area contributed by atoms with Crippen molar-refractivity contribution in [2.45, 2.75) is 18.9 Å². The monoisotopic (exact) mass is 426 g/mol. The molecular weight excluding hydrogens is 414 g/mol. The molecule has 0 spiro atoms. The molecule has 152 valence electrons. The van der Waals surface area contributed by atoms with E-state index in [2.05, 4.69) is 5.32 Å². The summed E-state index contributed by atoms with van der Waals surface area (Å²) in [5.74, 6) is -1.86. The van der Waals surface area contributed by atoms with Crippen LogP contribution in [-0.2, 0) is 23.7 Å². The van der Waals surface area contributed by atoms with Crippen LogP contribution in [0.25, 0.3) is 0 Å². The van der Waals surface area contributed by atoms with Gasteiger partial charge in [0, 0.05) is 4.88 Å². The van der Waals surface area contributed by atoms with Crippen molar-refractivity contribution in [2.24, 2.45) is 0 Å². The van der Waals surface area contributed by atoms with E-state index in [1.54, 1.807) is 17.5 Å². The summed E-state index contributed by atoms with van der Waals surface area (Å²) < 4.78 is 81.2. The van der Waals surface area contributed by atoms with E-state index in [4.69, 9.17) is 4.74 Å². The number of alkyl halides is 6. The number of hydrogen-bond acceptors (Lipinski definition) is 4. The number of carbonyl (C=O) groups is 2. The smallest absolute Gasteiger partial charge is 0.416 e. The van der Waals surface area contributed by atoms with Crippen LogP contribution in [0.15, 0.2) is 35.7 Å². The van der Waals surface area contributed by atoms with E-state index in [0.29, 0.717) is 12.1 Å². The quantitative estimate of drug-likeness (QED) is 0.705. The lowest BCUT2D eigenvalue weighted by atomic mass is 10.1. The van der Waals surface area contributed by atoms with E-state index >= 15 is 0 Å². The van der Waals surface area contributed by atoms with E-state index in [0.717, 1.165) is 4.88 Å². The van der Waals surface area contributed by atoms with Crippen LogP contribution in [0.2, 0.25) is 0 Å². The lowest BCUT2D eigenvalue weighted by molar-refractivity contribution is -0.143. The summed E-state index contributed by atoms with van der Waals surface area (Å²) in [4.78, 5) is 24.0. The first-order chi connectivity index (χ1) is 12.9. The summed E-state index contributed by atoms with van der Waals surface area (Å²) in [6.07, 6.45) is -10.1. The molecule has 1 heterocycles. The summed E-state index contributed by atoms with van der Waals surface area (Å²) in [5, 5.41) is 5.98. The maximum absolute atomic E-state index is 12.8. The third kappa shape index (κ3) is 6.44. The SMILES string of the molecule is O=C(COc1cc(C(F)(F)F)cc(C(F)(F)F)c1)NC(=O)NCc1cccs1. The highest BCUT2D eigenvalue weighted by Crippen LogP contribution is 2.38. The van der Waals surface area contributed by atoms with E-state index in [1.165, 1.54) is 11.3 Å². The molecule has 28 heavy (non-hydrogen) atoms. The van der Waals surface area contributed by atoms with Gasteiger partial charge in [0.05, 0.1) is 17.7 Å². The van der Waals surface area contributed by atoms with Gasteiger partial charge in [-0.3, -0.25) is 10.1 Å². The number of imide groups is 1. The second-order valence-corrected chi connectivity index (χ2v) is 6.37. The number of benzene rings is 1. The lowest BCUT2D eigenvalue weighted by Gasteiger charge is -2.14. The molecule has 2 rings (SSSR count). The fourth-order valence-electron chi connectivity index (χ4n) is 1.95. The highest BCUT2D eigenvalue weighted by Gasteiger charge is 2.37. The summed E-state index contributed by atoms with van der Waals surface area (Å²) in [5.41, 5.74) is -3.15. The van der Waals surface area contributed by atoms with E-state index < -0.39 is 47.8 Å². The Labute approximate surface area is 158 Å². The molecule has 0 aliphatic carbocycles. The minimum absolute atomic E-state index is 0.0645. The summed E-state index contributed by atoms with van der Waals surface area (Å²) in [6.45, 7) is -0.814. The van der Waals surface area contributed by atoms with Crippen molar-refractivity contribution < 1.29 is 40.7 Å². The number of rotatable bonds is 5. The standard InChI is InChI=1S/C16H12F6N2O3S/c17-15(18,19)9-4-10(16(20,21)22)6-11(5-9)27-8-13(25)24-14(26)23-7-12-2-1-3-28-12/h1-6H,7-8H2,(H2,23,24,25,26). The van der Waals surface area contributed by atoms with Crippen molar-refractivity contribution in [2.75, 3.05) is 6.61 Å². The normalized spacial score (nSPS) is 11.8. The van der Waals surface area contributed by atoms with Crippen LogP contribution in [-0.4, -0.2) is 18.5 Å². The zero-order chi connectivity index (χ0) is 20.9. The van der Waals surface area contributed by atoms with Gasteiger partial charge in [0.1, 0.15) is 5.75 Å². The van der Waals surface area contributed by atoms with Gasteiger partial charge < -0.3 is 10.1 Å². The van der Waals surface area contributed by atoms with Crippen LogP contribution in [0.4, 0.5) is 31.1 Å². The van der Waals surface area contributed by atoms with Crippen molar-refractivity contribution >= 4 is 23.3 Å². The van der Waals surface area contributed by atoms with Crippen molar-refractivity contribution in [3.8, 4) is 5.75 Å². The molecule has 2 N–H and O–H groups in total. The van der Waals surface area contributed by atoms with E-state index in [-0.39, 0.29) is 12.6 Å². The predicted octanol–water partition coefficient (Wildman–Crippen LogP) is 4.19. The Hall–Kier alpha value is -2.76. The fraction of sp³-hybridized carbons (Fsp3) is 0.250. The molecule has 0 saturated heterocycles. The molecule has 0 unspecified atom stereocenters. The second kappa shape index (κ2) is 8.50. The van der Waals surface area contributed by atoms with Gasteiger partial charge in [-0.2, -0.15) is 26.3 Å². The maximum Gasteiger partial charge on any atom is 0.416 e. The topological polar surface area (TPSA) is 67.4 Å². The fourth-order valence-corrected chi connectivity index (χ4v) is 2.59. The highest BCUT2D eigenvalue weighted by molar-refractivity contribution is 7.09. The van der Waals surface area contributed by atoms with Crippen LogP contribution < -0.4 is 15.4 Å². The maximum atomic E-state index is 12.8. The molecule has 0 fully saturated rings. The minimum Gasteiger partial charge on any atom is -0.484 e.